The molecule has 0 spiro atoms. The number of nitrogens with one attached hydrogen (secondary N) is 1. The van der Waals surface area contributed by atoms with Crippen LogP contribution in [0.4, 0.5) is 10.8 Å². The number of nitrogens with zero attached hydrogens (tertiary/aromatic N) is 1. The van der Waals surface area contributed by atoms with Crippen molar-refractivity contribution in [1.82, 2.24) is 4.98 Å². The lowest BCUT2D eigenvalue weighted by Gasteiger charge is -2.10. The van der Waals surface area contributed by atoms with Crippen LogP contribution in [0.2, 0.25) is 0 Å². The molecule has 2 heterocycles. The summed E-state index contributed by atoms with van der Waals surface area (Å²) in [6, 6.07) is 19.1. The first kappa shape index (κ1) is 19.1. The van der Waals surface area contributed by atoms with Crippen LogP contribution in [0.15, 0.2) is 75.3 Å². The minimum absolute atomic E-state index is 0.415. The Morgan fingerprint density at radius 2 is 1.84 bits per heavy atom. The largest absolute Gasteiger partial charge is 0.497 e. The Morgan fingerprint density at radius 3 is 2.68 bits per heavy atom. The second-order valence-electron chi connectivity index (χ2n) is 6.88. The standard InChI is InChI=1S/C24H18N2O4S/c1-28-15-8-9-19(22(11-15)29-2)25-24-26-20(13-31-24)18-12-17-16-6-4-3-5-14(16)7-10-21(17)30-23(18)27/h3-13H,1-2H3,(H,25,26). The van der Waals surface area contributed by atoms with Gasteiger partial charge in [0.2, 0.25) is 0 Å². The SMILES string of the molecule is COc1ccc(Nc2nc(-c3cc4c(ccc5ccccc54)oc3=O)cs2)c(OC)c1. The van der Waals surface area contributed by atoms with Gasteiger partial charge in [-0.25, -0.2) is 9.78 Å². The third-order valence-electron chi connectivity index (χ3n) is 5.07. The summed E-state index contributed by atoms with van der Waals surface area (Å²) in [5.41, 5.74) is 1.88. The van der Waals surface area contributed by atoms with Gasteiger partial charge >= 0.3 is 5.63 Å². The number of anilines is 2. The summed E-state index contributed by atoms with van der Waals surface area (Å²) in [4.78, 5) is 17.3. The van der Waals surface area contributed by atoms with Crippen molar-refractivity contribution in [2.75, 3.05) is 19.5 Å². The summed E-state index contributed by atoms with van der Waals surface area (Å²) >= 11 is 1.40. The zero-order valence-corrected chi connectivity index (χ0v) is 17.7. The molecule has 3 aromatic carbocycles. The molecule has 0 saturated heterocycles. The molecule has 154 valence electrons. The summed E-state index contributed by atoms with van der Waals surface area (Å²) in [5, 5.41) is 8.71. The fraction of sp³-hybridized carbons (Fsp3) is 0.0833. The van der Waals surface area contributed by atoms with E-state index in [-0.39, 0.29) is 0 Å². The minimum atomic E-state index is -0.415. The van der Waals surface area contributed by atoms with Crippen molar-refractivity contribution in [2.24, 2.45) is 0 Å². The molecule has 6 nitrogen and oxygen atoms in total. The number of benzene rings is 3. The number of rotatable bonds is 5. The monoisotopic (exact) mass is 430 g/mol. The lowest BCUT2D eigenvalue weighted by atomic mass is 10.0. The molecule has 0 fully saturated rings. The van der Waals surface area contributed by atoms with E-state index in [2.05, 4.69) is 10.3 Å². The van der Waals surface area contributed by atoms with Gasteiger partial charge in [-0.2, -0.15) is 0 Å². The van der Waals surface area contributed by atoms with Gasteiger partial charge in [0.1, 0.15) is 17.1 Å². The lowest BCUT2D eigenvalue weighted by Crippen LogP contribution is -2.03. The third-order valence-corrected chi connectivity index (χ3v) is 5.83. The molecule has 0 aliphatic heterocycles. The normalized spacial score (nSPS) is 11.0. The second kappa shape index (κ2) is 7.77. The van der Waals surface area contributed by atoms with Crippen LogP contribution in [-0.2, 0) is 0 Å². The number of fused-ring (bicyclic) bond motifs is 3. The molecule has 0 unspecified atom stereocenters. The molecule has 5 aromatic rings. The number of aromatic nitrogens is 1. The van der Waals surface area contributed by atoms with Crippen molar-refractivity contribution in [3.8, 4) is 22.8 Å². The zero-order valence-electron chi connectivity index (χ0n) is 16.8. The highest BCUT2D eigenvalue weighted by Crippen LogP contribution is 2.34. The zero-order chi connectivity index (χ0) is 21.4. The number of hydrogen-bond acceptors (Lipinski definition) is 7. The minimum Gasteiger partial charge on any atom is -0.497 e. The van der Waals surface area contributed by atoms with Gasteiger partial charge in [-0.15, -0.1) is 11.3 Å². The van der Waals surface area contributed by atoms with Crippen molar-refractivity contribution >= 4 is 43.9 Å². The van der Waals surface area contributed by atoms with E-state index in [1.807, 2.05) is 60.0 Å². The Kier molecular flexibility index (Phi) is 4.80. The van der Waals surface area contributed by atoms with Gasteiger partial charge in [0.15, 0.2) is 5.13 Å². The van der Waals surface area contributed by atoms with Crippen LogP contribution < -0.4 is 20.4 Å². The van der Waals surface area contributed by atoms with Gasteiger partial charge in [-0.3, -0.25) is 0 Å². The molecule has 0 amide bonds. The quantitative estimate of drug-likeness (QED) is 0.279. The van der Waals surface area contributed by atoms with Crippen LogP contribution in [0.1, 0.15) is 0 Å². The predicted octanol–water partition coefficient (Wildman–Crippen LogP) is 5.83. The summed E-state index contributed by atoms with van der Waals surface area (Å²) in [6.45, 7) is 0. The Bertz CT molecular complexity index is 1470. The van der Waals surface area contributed by atoms with E-state index < -0.39 is 5.63 Å². The Hall–Kier alpha value is -3.84. The van der Waals surface area contributed by atoms with Gasteiger partial charge in [0.25, 0.3) is 0 Å². The van der Waals surface area contributed by atoms with E-state index in [0.717, 1.165) is 21.8 Å². The van der Waals surface area contributed by atoms with Gasteiger partial charge in [-0.1, -0.05) is 30.3 Å². The highest BCUT2D eigenvalue weighted by Gasteiger charge is 2.14. The molecule has 0 aliphatic carbocycles. The Morgan fingerprint density at radius 1 is 0.968 bits per heavy atom. The van der Waals surface area contributed by atoms with E-state index in [9.17, 15) is 4.79 Å². The van der Waals surface area contributed by atoms with E-state index >= 15 is 0 Å². The fourth-order valence-electron chi connectivity index (χ4n) is 3.52. The summed E-state index contributed by atoms with van der Waals surface area (Å²) < 4.78 is 16.3. The Balaban J connectivity index is 1.54. The highest BCUT2D eigenvalue weighted by atomic mass is 32.1. The molecular weight excluding hydrogens is 412 g/mol. The van der Waals surface area contributed by atoms with Gasteiger partial charge in [0, 0.05) is 16.8 Å². The van der Waals surface area contributed by atoms with Crippen molar-refractivity contribution in [3.05, 3.63) is 76.5 Å². The maximum atomic E-state index is 12.7. The first-order chi connectivity index (χ1) is 15.2. The van der Waals surface area contributed by atoms with Crippen LogP contribution in [0.3, 0.4) is 0 Å². The third kappa shape index (κ3) is 3.49. The summed E-state index contributed by atoms with van der Waals surface area (Å²) in [6.07, 6.45) is 0. The van der Waals surface area contributed by atoms with Crippen molar-refractivity contribution in [2.45, 2.75) is 0 Å². The van der Waals surface area contributed by atoms with Gasteiger partial charge in [-0.05, 0) is 35.0 Å². The molecule has 0 saturated carbocycles. The maximum absolute atomic E-state index is 12.7. The first-order valence-electron chi connectivity index (χ1n) is 9.57. The molecule has 2 aromatic heterocycles. The molecule has 0 aliphatic rings. The van der Waals surface area contributed by atoms with E-state index in [1.165, 1.54) is 11.3 Å². The van der Waals surface area contributed by atoms with Crippen LogP contribution in [0, 0.1) is 0 Å². The molecule has 0 radical (unpaired) electrons. The molecule has 0 atom stereocenters. The molecule has 31 heavy (non-hydrogen) atoms. The van der Waals surface area contributed by atoms with Crippen LogP contribution >= 0.6 is 11.3 Å². The predicted molar refractivity (Wildman–Crippen MR) is 124 cm³/mol. The Labute approximate surface area is 181 Å². The first-order valence-corrected chi connectivity index (χ1v) is 10.4. The van der Waals surface area contributed by atoms with E-state index in [1.54, 1.807) is 20.3 Å². The highest BCUT2D eigenvalue weighted by molar-refractivity contribution is 7.14. The molecule has 7 heteroatoms. The average Bonchev–Trinajstić information content (AvgIpc) is 3.27. The topological polar surface area (TPSA) is 73.6 Å². The number of methoxy groups -OCH3 is 2. The van der Waals surface area contributed by atoms with Gasteiger partial charge in [0.05, 0.1) is 31.2 Å². The van der Waals surface area contributed by atoms with Crippen molar-refractivity contribution in [1.29, 1.82) is 0 Å². The number of thiazole rings is 1. The van der Waals surface area contributed by atoms with Gasteiger partial charge < -0.3 is 19.2 Å². The van der Waals surface area contributed by atoms with Crippen LogP contribution in [-0.4, -0.2) is 19.2 Å². The smallest absolute Gasteiger partial charge is 0.345 e. The van der Waals surface area contributed by atoms with Crippen molar-refractivity contribution < 1.29 is 13.9 Å². The fourth-order valence-corrected chi connectivity index (χ4v) is 4.24. The van der Waals surface area contributed by atoms with E-state index in [4.69, 9.17) is 13.9 Å². The lowest BCUT2D eigenvalue weighted by molar-refractivity contribution is 0.395. The average molecular weight is 430 g/mol. The summed E-state index contributed by atoms with van der Waals surface area (Å²) in [5.74, 6) is 1.33. The maximum Gasteiger partial charge on any atom is 0.345 e. The number of hydrogen-bond donors (Lipinski definition) is 1. The molecule has 0 bridgehead atoms. The van der Waals surface area contributed by atoms with Crippen LogP contribution in [0.5, 0.6) is 11.5 Å². The molecule has 1 N–H and O–H groups in total. The summed E-state index contributed by atoms with van der Waals surface area (Å²) in [7, 11) is 3.20. The number of ether oxygens (including phenoxy) is 2. The van der Waals surface area contributed by atoms with Crippen molar-refractivity contribution in [3.63, 3.8) is 0 Å². The van der Waals surface area contributed by atoms with E-state index in [0.29, 0.717) is 33.5 Å². The van der Waals surface area contributed by atoms with Crippen LogP contribution in [0.25, 0.3) is 33.0 Å². The molecule has 5 rings (SSSR count). The second-order valence-corrected chi connectivity index (χ2v) is 7.73. The molecular formula is C24H18N2O4S.